The molecule has 2 unspecified atom stereocenters. The fourth-order valence-electron chi connectivity index (χ4n) is 2.77. The highest BCUT2D eigenvalue weighted by atomic mass is 16.3. The van der Waals surface area contributed by atoms with Crippen molar-refractivity contribution < 1.29 is 9.21 Å². The lowest BCUT2D eigenvalue weighted by atomic mass is 9.87. The maximum Gasteiger partial charge on any atom is 0.226 e. The second-order valence-corrected chi connectivity index (χ2v) is 5.03. The van der Waals surface area contributed by atoms with Crippen molar-refractivity contribution in [2.75, 3.05) is 13.6 Å². The summed E-state index contributed by atoms with van der Waals surface area (Å²) in [4.78, 5) is 18.3. The second kappa shape index (κ2) is 4.88. The normalized spacial score (nSPS) is 23.0. The molecular weight excluding hydrogens is 240 g/mol. The smallest absolute Gasteiger partial charge is 0.226 e. The molecule has 0 saturated carbocycles. The van der Waals surface area contributed by atoms with Crippen LogP contribution in [0.5, 0.6) is 0 Å². The fraction of sp³-hybridized carbons (Fsp3) is 0.333. The van der Waals surface area contributed by atoms with Crippen molar-refractivity contribution in [3.63, 3.8) is 0 Å². The molecule has 0 bridgehead atoms. The fourth-order valence-corrected chi connectivity index (χ4v) is 2.77. The van der Waals surface area contributed by atoms with Crippen molar-refractivity contribution in [3.05, 3.63) is 54.2 Å². The van der Waals surface area contributed by atoms with Crippen LogP contribution in [0, 0.1) is 5.92 Å². The van der Waals surface area contributed by atoms with Crippen LogP contribution in [0.4, 0.5) is 0 Å². The summed E-state index contributed by atoms with van der Waals surface area (Å²) in [5.41, 5.74) is 2.06. The first-order chi connectivity index (χ1) is 9.25. The Labute approximate surface area is 112 Å². The van der Waals surface area contributed by atoms with E-state index in [1.54, 1.807) is 11.2 Å². The van der Waals surface area contributed by atoms with Gasteiger partial charge < -0.3 is 9.32 Å². The molecule has 4 nitrogen and oxygen atoms in total. The molecule has 19 heavy (non-hydrogen) atoms. The molecule has 98 valence electrons. The third kappa shape index (κ3) is 2.26. The van der Waals surface area contributed by atoms with Crippen LogP contribution in [0.25, 0.3) is 0 Å². The van der Waals surface area contributed by atoms with Gasteiger partial charge in [-0.25, -0.2) is 4.98 Å². The van der Waals surface area contributed by atoms with Crippen molar-refractivity contribution >= 4 is 5.91 Å². The van der Waals surface area contributed by atoms with E-state index in [0.29, 0.717) is 6.54 Å². The number of carbonyl (C=O) groups excluding carboxylic acids is 1. The number of rotatable bonds is 3. The average molecular weight is 256 g/mol. The van der Waals surface area contributed by atoms with Crippen LogP contribution in [0.1, 0.15) is 17.2 Å². The van der Waals surface area contributed by atoms with Gasteiger partial charge in [-0.15, -0.1) is 0 Å². The molecule has 0 radical (unpaired) electrons. The van der Waals surface area contributed by atoms with Crippen LogP contribution in [0.2, 0.25) is 0 Å². The summed E-state index contributed by atoms with van der Waals surface area (Å²) < 4.78 is 5.06. The molecule has 2 atom stereocenters. The van der Waals surface area contributed by atoms with Crippen molar-refractivity contribution in [2.24, 2.45) is 5.92 Å². The minimum Gasteiger partial charge on any atom is -0.451 e. The molecule has 3 rings (SSSR count). The minimum absolute atomic E-state index is 0.0440. The van der Waals surface area contributed by atoms with Gasteiger partial charge in [0.25, 0.3) is 0 Å². The number of amides is 1. The highest BCUT2D eigenvalue weighted by molar-refractivity contribution is 5.82. The number of hydrogen-bond acceptors (Lipinski definition) is 3. The molecule has 0 spiro atoms. The number of oxazole rings is 1. The Bertz CT molecular complexity index is 551. The van der Waals surface area contributed by atoms with Crippen LogP contribution in [-0.4, -0.2) is 29.4 Å². The van der Waals surface area contributed by atoms with Crippen molar-refractivity contribution in [1.82, 2.24) is 9.88 Å². The zero-order valence-electron chi connectivity index (χ0n) is 10.8. The highest BCUT2D eigenvalue weighted by Crippen LogP contribution is 2.34. The molecule has 0 N–H and O–H groups in total. The van der Waals surface area contributed by atoms with E-state index in [4.69, 9.17) is 4.42 Å². The Morgan fingerprint density at radius 2 is 2.16 bits per heavy atom. The zero-order chi connectivity index (χ0) is 13.2. The van der Waals surface area contributed by atoms with Crippen LogP contribution in [0.15, 0.2) is 47.4 Å². The van der Waals surface area contributed by atoms with E-state index in [9.17, 15) is 4.79 Å². The molecule has 1 amide bonds. The summed E-state index contributed by atoms with van der Waals surface area (Å²) in [6.45, 7) is 0.711. The summed E-state index contributed by atoms with van der Waals surface area (Å²) in [6.07, 6.45) is 3.83. The predicted octanol–water partition coefficient (Wildman–Crippen LogP) is 2.09. The van der Waals surface area contributed by atoms with E-state index in [1.807, 2.05) is 25.2 Å². The Morgan fingerprint density at radius 3 is 2.84 bits per heavy atom. The van der Waals surface area contributed by atoms with Crippen LogP contribution in [0.3, 0.4) is 0 Å². The van der Waals surface area contributed by atoms with Crippen molar-refractivity contribution in [2.45, 2.75) is 12.3 Å². The van der Waals surface area contributed by atoms with Gasteiger partial charge in [-0.05, 0) is 12.0 Å². The minimum atomic E-state index is -0.0440. The first-order valence-electron chi connectivity index (χ1n) is 6.42. The molecule has 1 saturated heterocycles. The Kier molecular flexibility index (Phi) is 3.07. The number of nitrogens with zero attached hydrogens (tertiary/aromatic N) is 2. The molecule has 1 aromatic carbocycles. The second-order valence-electron chi connectivity index (χ2n) is 5.03. The number of benzene rings is 1. The first-order valence-corrected chi connectivity index (χ1v) is 6.42. The Morgan fingerprint density at radius 1 is 1.37 bits per heavy atom. The molecule has 1 aliphatic heterocycles. The van der Waals surface area contributed by atoms with E-state index in [0.717, 1.165) is 12.1 Å². The third-order valence-corrected chi connectivity index (χ3v) is 3.78. The van der Waals surface area contributed by atoms with E-state index in [-0.39, 0.29) is 17.7 Å². The van der Waals surface area contributed by atoms with Crippen LogP contribution < -0.4 is 0 Å². The van der Waals surface area contributed by atoms with Gasteiger partial charge in [0.2, 0.25) is 5.91 Å². The Balaban J connectivity index is 1.86. The molecular formula is C15H16N2O2. The monoisotopic (exact) mass is 256 g/mol. The third-order valence-electron chi connectivity index (χ3n) is 3.78. The van der Waals surface area contributed by atoms with Gasteiger partial charge in [-0.2, -0.15) is 0 Å². The summed E-state index contributed by atoms with van der Waals surface area (Å²) in [6, 6.07) is 10.1. The van der Waals surface area contributed by atoms with Gasteiger partial charge in [0.15, 0.2) is 6.39 Å². The zero-order valence-corrected chi connectivity index (χ0v) is 10.8. The van der Waals surface area contributed by atoms with E-state index >= 15 is 0 Å². The SMILES string of the molecule is CN1CC(c2cocn2)C(Cc2ccccc2)C1=O. The molecule has 1 fully saturated rings. The molecule has 2 heterocycles. The number of carbonyl (C=O) groups is 1. The summed E-state index contributed by atoms with van der Waals surface area (Å²) >= 11 is 0. The summed E-state index contributed by atoms with van der Waals surface area (Å²) in [7, 11) is 1.85. The lowest BCUT2D eigenvalue weighted by Gasteiger charge is -2.14. The number of hydrogen-bond donors (Lipinski definition) is 0. The average Bonchev–Trinajstić information content (AvgIpc) is 3.04. The van der Waals surface area contributed by atoms with Crippen molar-refractivity contribution in [3.8, 4) is 0 Å². The van der Waals surface area contributed by atoms with Gasteiger partial charge in [0, 0.05) is 19.5 Å². The maximum absolute atomic E-state index is 12.3. The van der Waals surface area contributed by atoms with Crippen LogP contribution >= 0.6 is 0 Å². The maximum atomic E-state index is 12.3. The quantitative estimate of drug-likeness (QED) is 0.844. The molecule has 1 aliphatic rings. The van der Waals surface area contributed by atoms with Gasteiger partial charge in [-0.1, -0.05) is 30.3 Å². The predicted molar refractivity (Wildman–Crippen MR) is 70.5 cm³/mol. The topological polar surface area (TPSA) is 46.3 Å². The Hall–Kier alpha value is -2.10. The first kappa shape index (κ1) is 12.0. The standard InChI is InChI=1S/C15H16N2O2/c1-17-8-13(14-9-19-10-16-14)12(15(17)18)7-11-5-3-2-4-6-11/h2-6,9-10,12-13H,7-8H2,1H3. The molecule has 0 aliphatic carbocycles. The molecule has 2 aromatic rings. The summed E-state index contributed by atoms with van der Waals surface area (Å²) in [5.74, 6) is 0.269. The van der Waals surface area contributed by atoms with E-state index < -0.39 is 0 Å². The van der Waals surface area contributed by atoms with Gasteiger partial charge in [-0.3, -0.25) is 4.79 Å². The number of aromatic nitrogens is 1. The van der Waals surface area contributed by atoms with Gasteiger partial charge in [0.1, 0.15) is 6.26 Å². The van der Waals surface area contributed by atoms with Crippen LogP contribution in [-0.2, 0) is 11.2 Å². The lowest BCUT2D eigenvalue weighted by Crippen LogP contribution is -2.23. The molecule has 4 heteroatoms. The van der Waals surface area contributed by atoms with E-state index in [1.165, 1.54) is 12.0 Å². The number of likely N-dealkylation sites (tertiary alicyclic amines) is 1. The van der Waals surface area contributed by atoms with Gasteiger partial charge >= 0.3 is 0 Å². The highest BCUT2D eigenvalue weighted by Gasteiger charge is 2.40. The van der Waals surface area contributed by atoms with Gasteiger partial charge in [0.05, 0.1) is 11.6 Å². The van der Waals surface area contributed by atoms with E-state index in [2.05, 4.69) is 17.1 Å². The number of likely N-dealkylation sites (N-methyl/N-ethyl adjacent to an activating group) is 1. The largest absolute Gasteiger partial charge is 0.451 e. The lowest BCUT2D eigenvalue weighted by molar-refractivity contribution is -0.129. The molecule has 1 aromatic heterocycles. The summed E-state index contributed by atoms with van der Waals surface area (Å²) in [5, 5.41) is 0. The van der Waals surface area contributed by atoms with Crippen molar-refractivity contribution in [1.29, 1.82) is 0 Å².